The molecule has 1 aliphatic rings. The second kappa shape index (κ2) is 10.1. The number of hydrogen-bond acceptors (Lipinski definition) is 6. The highest BCUT2D eigenvalue weighted by molar-refractivity contribution is 5.92. The molecule has 1 unspecified atom stereocenters. The Kier molecular flexibility index (Phi) is 7.55. The number of aliphatic hydroxyl groups excluding tert-OH is 1. The van der Waals surface area contributed by atoms with Crippen LogP contribution in [0.25, 0.3) is 11.1 Å². The Morgan fingerprint density at radius 3 is 1.94 bits per heavy atom. The molecule has 0 fully saturated rings. The van der Waals surface area contributed by atoms with Crippen molar-refractivity contribution in [3.8, 4) is 11.1 Å². The fraction of sp³-hybridized carbons (Fsp3) is 0.444. The predicted octanol–water partition coefficient (Wildman–Crippen LogP) is 3.51. The first kappa shape index (κ1) is 26.2. The smallest absolute Gasteiger partial charge is 0.408 e. The van der Waals surface area contributed by atoms with Crippen molar-refractivity contribution >= 4 is 18.0 Å². The van der Waals surface area contributed by atoms with Gasteiger partial charge in [-0.05, 0) is 63.8 Å². The Labute approximate surface area is 206 Å². The van der Waals surface area contributed by atoms with Gasteiger partial charge in [-0.25, -0.2) is 9.59 Å². The fourth-order valence-electron chi connectivity index (χ4n) is 4.01. The van der Waals surface area contributed by atoms with Crippen LogP contribution >= 0.6 is 0 Å². The number of carbonyl (C=O) groups is 3. The van der Waals surface area contributed by atoms with Crippen molar-refractivity contribution in [2.24, 2.45) is 0 Å². The molecule has 0 saturated heterocycles. The van der Waals surface area contributed by atoms with Crippen LogP contribution in [0.15, 0.2) is 48.5 Å². The van der Waals surface area contributed by atoms with Gasteiger partial charge in [-0.1, -0.05) is 48.5 Å². The second-order valence-corrected chi connectivity index (χ2v) is 10.3. The van der Waals surface area contributed by atoms with Gasteiger partial charge in [0.1, 0.15) is 17.7 Å². The molecule has 0 bridgehead atoms. The molecule has 0 heterocycles. The molecular weight excluding hydrogens is 448 g/mol. The topological polar surface area (TPSA) is 114 Å². The average molecular weight is 483 g/mol. The number of nitrogens with one attached hydrogen (secondary N) is 2. The van der Waals surface area contributed by atoms with Crippen LogP contribution in [0.2, 0.25) is 0 Å². The third kappa shape index (κ3) is 6.19. The van der Waals surface area contributed by atoms with Crippen molar-refractivity contribution in [3.63, 3.8) is 0 Å². The Bertz CT molecular complexity index is 1060. The van der Waals surface area contributed by atoms with Gasteiger partial charge in [0, 0.05) is 5.92 Å². The largest absolute Gasteiger partial charge is 0.458 e. The zero-order chi connectivity index (χ0) is 26.0. The zero-order valence-electron chi connectivity index (χ0n) is 21.0. The summed E-state index contributed by atoms with van der Waals surface area (Å²) in [4.78, 5) is 37.9. The zero-order valence-corrected chi connectivity index (χ0v) is 21.0. The van der Waals surface area contributed by atoms with Crippen LogP contribution in [0.4, 0.5) is 4.79 Å². The minimum absolute atomic E-state index is 0.103. The van der Waals surface area contributed by atoms with Gasteiger partial charge in [0.25, 0.3) is 0 Å². The van der Waals surface area contributed by atoms with Crippen LogP contribution < -0.4 is 10.6 Å². The predicted molar refractivity (Wildman–Crippen MR) is 132 cm³/mol. The van der Waals surface area contributed by atoms with Gasteiger partial charge < -0.3 is 25.2 Å². The number of fused-ring (bicyclic) bond motifs is 3. The first-order chi connectivity index (χ1) is 16.3. The van der Waals surface area contributed by atoms with E-state index in [0.29, 0.717) is 0 Å². The molecule has 188 valence electrons. The fourth-order valence-corrected chi connectivity index (χ4v) is 4.01. The molecule has 2 aromatic carbocycles. The van der Waals surface area contributed by atoms with Crippen LogP contribution in [0.5, 0.6) is 0 Å². The Morgan fingerprint density at radius 1 is 0.943 bits per heavy atom. The van der Waals surface area contributed by atoms with Crippen LogP contribution in [0, 0.1) is 0 Å². The molecule has 0 radical (unpaired) electrons. The molecule has 8 heteroatoms. The summed E-state index contributed by atoms with van der Waals surface area (Å²) in [6, 6.07) is 14.7. The normalized spacial score (nSPS) is 14.8. The Hall–Kier alpha value is -3.39. The molecule has 3 N–H and O–H groups in total. The van der Waals surface area contributed by atoms with E-state index in [2.05, 4.69) is 10.6 Å². The summed E-state index contributed by atoms with van der Waals surface area (Å²) in [5.41, 5.74) is 2.18. The molecule has 0 aliphatic heterocycles. The average Bonchev–Trinajstić information content (AvgIpc) is 3.07. The number of aliphatic hydroxyl groups is 1. The first-order valence-corrected chi connectivity index (χ1v) is 11.6. The number of alkyl carbamates (subject to hydrolysis) is 1. The number of esters is 1. The number of amides is 2. The van der Waals surface area contributed by atoms with Gasteiger partial charge in [-0.15, -0.1) is 0 Å². The van der Waals surface area contributed by atoms with Crippen molar-refractivity contribution in [3.05, 3.63) is 59.7 Å². The van der Waals surface area contributed by atoms with Gasteiger partial charge in [-0.3, -0.25) is 4.79 Å². The molecule has 2 amide bonds. The number of benzene rings is 2. The van der Waals surface area contributed by atoms with Crippen LogP contribution in [-0.4, -0.2) is 53.0 Å². The molecule has 0 spiro atoms. The summed E-state index contributed by atoms with van der Waals surface area (Å²) in [6.45, 7) is 9.51. The van der Waals surface area contributed by atoms with Crippen molar-refractivity contribution < 1.29 is 29.0 Å². The first-order valence-electron chi connectivity index (χ1n) is 11.6. The summed E-state index contributed by atoms with van der Waals surface area (Å²) >= 11 is 0. The quantitative estimate of drug-likeness (QED) is 0.521. The minimum atomic E-state index is -1.42. The third-order valence-corrected chi connectivity index (χ3v) is 5.76. The number of ether oxygens (including phenoxy) is 2. The summed E-state index contributed by atoms with van der Waals surface area (Å²) in [7, 11) is 0. The maximum Gasteiger partial charge on any atom is 0.408 e. The monoisotopic (exact) mass is 482 g/mol. The highest BCUT2D eigenvalue weighted by Gasteiger charge is 2.37. The van der Waals surface area contributed by atoms with E-state index in [9.17, 15) is 19.5 Å². The summed E-state index contributed by atoms with van der Waals surface area (Å²) in [6.07, 6.45) is -1.96. The molecule has 1 aliphatic carbocycles. The maximum absolute atomic E-state index is 12.9. The Balaban J connectivity index is 1.63. The SMILES string of the molecule is CC(O)[C@H](NC(=O)C(C)(C)NC(=O)OCC1c2ccccc2-c2ccccc21)C(=O)OC(C)(C)C. The van der Waals surface area contributed by atoms with E-state index in [-0.39, 0.29) is 12.5 Å². The minimum Gasteiger partial charge on any atom is -0.458 e. The molecular formula is C27H34N2O6. The van der Waals surface area contributed by atoms with E-state index >= 15 is 0 Å². The molecule has 0 aromatic heterocycles. The van der Waals surface area contributed by atoms with E-state index in [4.69, 9.17) is 9.47 Å². The lowest BCUT2D eigenvalue weighted by atomic mass is 9.98. The molecule has 2 atom stereocenters. The highest BCUT2D eigenvalue weighted by Crippen LogP contribution is 2.44. The van der Waals surface area contributed by atoms with Crippen molar-refractivity contribution in [2.75, 3.05) is 6.61 Å². The number of hydrogen-bond donors (Lipinski definition) is 3. The summed E-state index contributed by atoms with van der Waals surface area (Å²) < 4.78 is 10.8. The standard InChI is InChI=1S/C27H34N2O6/c1-16(30)22(23(31)35-26(2,3)4)28-24(32)27(5,6)29-25(33)34-15-21-19-13-9-7-11-17(19)18-12-8-10-14-20(18)21/h7-14,16,21-22,30H,15H2,1-6H3,(H,28,32)(H,29,33)/t16?,22-/m0/s1. The third-order valence-electron chi connectivity index (χ3n) is 5.76. The van der Waals surface area contributed by atoms with Crippen molar-refractivity contribution in [1.82, 2.24) is 10.6 Å². The van der Waals surface area contributed by atoms with Crippen LogP contribution in [0.1, 0.15) is 58.6 Å². The maximum atomic E-state index is 12.9. The summed E-state index contributed by atoms with van der Waals surface area (Å²) in [5.74, 6) is -1.54. The van der Waals surface area contributed by atoms with Gasteiger partial charge >= 0.3 is 12.1 Å². The van der Waals surface area contributed by atoms with E-state index in [1.807, 2.05) is 48.5 Å². The van der Waals surface area contributed by atoms with Crippen molar-refractivity contribution in [1.29, 1.82) is 0 Å². The molecule has 2 aromatic rings. The molecule has 3 rings (SSSR count). The second-order valence-electron chi connectivity index (χ2n) is 10.3. The Morgan fingerprint density at radius 2 is 1.46 bits per heavy atom. The molecule has 8 nitrogen and oxygen atoms in total. The number of carbonyl (C=O) groups excluding carboxylic acids is 3. The van der Waals surface area contributed by atoms with Crippen LogP contribution in [-0.2, 0) is 19.1 Å². The summed E-state index contributed by atoms with van der Waals surface area (Å²) in [5, 5.41) is 15.0. The van der Waals surface area contributed by atoms with Gasteiger partial charge in [0.05, 0.1) is 6.10 Å². The number of rotatable bonds is 7. The van der Waals surface area contributed by atoms with Crippen LogP contribution in [0.3, 0.4) is 0 Å². The van der Waals surface area contributed by atoms with E-state index in [0.717, 1.165) is 22.3 Å². The van der Waals surface area contributed by atoms with Gasteiger partial charge in [-0.2, -0.15) is 0 Å². The van der Waals surface area contributed by atoms with Gasteiger partial charge in [0.15, 0.2) is 6.04 Å². The highest BCUT2D eigenvalue weighted by atomic mass is 16.6. The lowest BCUT2D eigenvalue weighted by Crippen LogP contribution is -2.60. The lowest BCUT2D eigenvalue weighted by molar-refractivity contribution is -0.162. The van der Waals surface area contributed by atoms with Gasteiger partial charge in [0.2, 0.25) is 5.91 Å². The molecule has 0 saturated carbocycles. The lowest BCUT2D eigenvalue weighted by Gasteiger charge is -2.30. The molecule has 35 heavy (non-hydrogen) atoms. The van der Waals surface area contributed by atoms with E-state index < -0.39 is 41.3 Å². The van der Waals surface area contributed by atoms with E-state index in [1.165, 1.54) is 20.8 Å². The van der Waals surface area contributed by atoms with Crippen molar-refractivity contribution in [2.45, 2.75) is 70.7 Å². The van der Waals surface area contributed by atoms with E-state index in [1.54, 1.807) is 20.8 Å².